The summed E-state index contributed by atoms with van der Waals surface area (Å²) in [6, 6.07) is -0.704. The van der Waals surface area contributed by atoms with E-state index in [1.54, 1.807) is 24.3 Å². The monoisotopic (exact) mass is 314 g/mol. The van der Waals surface area contributed by atoms with E-state index < -0.39 is 16.1 Å². The Morgan fingerprint density at radius 1 is 1.43 bits per heavy atom. The summed E-state index contributed by atoms with van der Waals surface area (Å²) in [5, 5.41) is 0. The Labute approximate surface area is 125 Å². The minimum absolute atomic E-state index is 0.151. The number of hydrogen-bond acceptors (Lipinski definition) is 4. The Balaban J connectivity index is 1.81. The predicted octanol–water partition coefficient (Wildman–Crippen LogP) is 0.0594. The Kier molecular flexibility index (Phi) is 5.00. The fourth-order valence-electron chi connectivity index (χ4n) is 2.67. The topological polar surface area (TPSA) is 84.3 Å². The molecule has 1 amide bonds. The molecule has 1 aliphatic heterocycles. The van der Waals surface area contributed by atoms with Crippen molar-refractivity contribution in [2.45, 2.75) is 32.4 Å². The van der Waals surface area contributed by atoms with E-state index in [4.69, 9.17) is 0 Å². The van der Waals surface area contributed by atoms with Crippen LogP contribution in [0, 0.1) is 5.92 Å². The quantitative estimate of drug-likeness (QED) is 0.833. The number of amides is 1. The SMILES string of the molecule is C[C@H](NS(C)(=O)=O)C(=O)N1CCC(Cn2ccnc2)CC1. The zero-order valence-electron chi connectivity index (χ0n) is 12.4. The number of hydrogen-bond donors (Lipinski definition) is 1. The summed E-state index contributed by atoms with van der Waals surface area (Å²) >= 11 is 0. The molecule has 118 valence electrons. The second-order valence-electron chi connectivity index (χ2n) is 5.64. The predicted molar refractivity (Wildman–Crippen MR) is 79.0 cm³/mol. The molecule has 8 heteroatoms. The molecule has 2 heterocycles. The second kappa shape index (κ2) is 6.57. The molecular formula is C13H22N4O3S. The molecule has 0 bridgehead atoms. The number of aromatic nitrogens is 2. The fraction of sp³-hybridized carbons (Fsp3) is 0.692. The van der Waals surface area contributed by atoms with Crippen LogP contribution in [0.2, 0.25) is 0 Å². The van der Waals surface area contributed by atoms with Crippen molar-refractivity contribution in [3.8, 4) is 0 Å². The Bertz CT molecular complexity index is 562. The van der Waals surface area contributed by atoms with Crippen LogP contribution in [0.4, 0.5) is 0 Å². The molecule has 1 fully saturated rings. The van der Waals surface area contributed by atoms with Crippen LogP contribution in [-0.2, 0) is 21.4 Å². The summed E-state index contributed by atoms with van der Waals surface area (Å²) in [5.74, 6) is 0.378. The van der Waals surface area contributed by atoms with Crippen molar-refractivity contribution in [1.82, 2.24) is 19.2 Å². The lowest BCUT2D eigenvalue weighted by molar-refractivity contribution is -0.134. The van der Waals surface area contributed by atoms with Crippen LogP contribution in [-0.4, -0.2) is 54.2 Å². The van der Waals surface area contributed by atoms with E-state index in [-0.39, 0.29) is 5.91 Å². The minimum Gasteiger partial charge on any atom is -0.341 e. The number of piperidine rings is 1. The van der Waals surface area contributed by atoms with E-state index in [9.17, 15) is 13.2 Å². The van der Waals surface area contributed by atoms with Gasteiger partial charge < -0.3 is 9.47 Å². The number of carbonyl (C=O) groups excluding carboxylic acids is 1. The van der Waals surface area contributed by atoms with Crippen molar-refractivity contribution >= 4 is 15.9 Å². The molecular weight excluding hydrogens is 292 g/mol. The molecule has 0 spiro atoms. The van der Waals surface area contributed by atoms with Crippen LogP contribution in [0.25, 0.3) is 0 Å². The van der Waals surface area contributed by atoms with Crippen LogP contribution in [0.3, 0.4) is 0 Å². The lowest BCUT2D eigenvalue weighted by Gasteiger charge is -2.33. The van der Waals surface area contributed by atoms with Crippen LogP contribution < -0.4 is 4.72 Å². The fourth-order valence-corrected chi connectivity index (χ4v) is 3.42. The minimum atomic E-state index is -3.36. The van der Waals surface area contributed by atoms with Crippen LogP contribution in [0.15, 0.2) is 18.7 Å². The molecule has 7 nitrogen and oxygen atoms in total. The van der Waals surface area contributed by atoms with Crippen LogP contribution in [0.5, 0.6) is 0 Å². The highest BCUT2D eigenvalue weighted by molar-refractivity contribution is 7.88. The number of nitrogens with zero attached hydrogens (tertiary/aromatic N) is 3. The highest BCUT2D eigenvalue weighted by Crippen LogP contribution is 2.19. The van der Waals surface area contributed by atoms with Crippen molar-refractivity contribution in [3.63, 3.8) is 0 Å². The average Bonchev–Trinajstić information content (AvgIpc) is 2.90. The van der Waals surface area contributed by atoms with Crippen molar-refractivity contribution in [2.75, 3.05) is 19.3 Å². The Morgan fingerprint density at radius 2 is 2.10 bits per heavy atom. The number of sulfonamides is 1. The van der Waals surface area contributed by atoms with E-state index in [1.807, 2.05) is 6.20 Å². The van der Waals surface area contributed by atoms with Gasteiger partial charge in [0.05, 0.1) is 18.6 Å². The molecule has 0 aromatic carbocycles. The lowest BCUT2D eigenvalue weighted by atomic mass is 9.96. The number of carbonyl (C=O) groups is 1. The first-order chi connectivity index (χ1) is 9.85. The summed E-state index contributed by atoms with van der Waals surface area (Å²) in [4.78, 5) is 17.9. The van der Waals surface area contributed by atoms with Crippen molar-refractivity contribution < 1.29 is 13.2 Å². The summed E-state index contributed by atoms with van der Waals surface area (Å²) in [6.07, 6.45) is 8.42. The maximum absolute atomic E-state index is 12.2. The van der Waals surface area contributed by atoms with Gasteiger partial charge in [-0.05, 0) is 25.7 Å². The van der Waals surface area contributed by atoms with Gasteiger partial charge in [-0.15, -0.1) is 0 Å². The van der Waals surface area contributed by atoms with Crippen LogP contribution in [0.1, 0.15) is 19.8 Å². The zero-order valence-corrected chi connectivity index (χ0v) is 13.2. The third-order valence-corrected chi connectivity index (χ3v) is 4.50. The third-order valence-electron chi connectivity index (χ3n) is 3.72. The van der Waals surface area contributed by atoms with Gasteiger partial charge in [0.2, 0.25) is 15.9 Å². The Morgan fingerprint density at radius 3 is 2.62 bits per heavy atom. The molecule has 21 heavy (non-hydrogen) atoms. The van der Waals surface area contributed by atoms with E-state index in [0.29, 0.717) is 19.0 Å². The van der Waals surface area contributed by atoms with Gasteiger partial charge in [0.25, 0.3) is 0 Å². The Hall–Kier alpha value is -1.41. The first-order valence-electron chi connectivity index (χ1n) is 7.07. The standard InChI is InChI=1S/C13H22N4O3S/c1-11(15-21(2,19)20)13(18)17-6-3-12(4-7-17)9-16-8-5-14-10-16/h5,8,10-12,15H,3-4,6-7,9H2,1-2H3/t11-/m0/s1. The van der Waals surface area contributed by atoms with Gasteiger partial charge in [-0.1, -0.05) is 0 Å². The number of nitrogens with one attached hydrogen (secondary N) is 1. The van der Waals surface area contributed by atoms with Gasteiger partial charge in [0, 0.05) is 32.0 Å². The summed E-state index contributed by atoms with van der Waals surface area (Å²) < 4.78 is 26.7. The normalized spacial score (nSPS) is 18.7. The average molecular weight is 314 g/mol. The van der Waals surface area contributed by atoms with Crippen molar-refractivity contribution in [1.29, 1.82) is 0 Å². The maximum atomic E-state index is 12.2. The van der Waals surface area contributed by atoms with Gasteiger partial charge in [0.15, 0.2) is 0 Å². The number of imidazole rings is 1. The van der Waals surface area contributed by atoms with E-state index >= 15 is 0 Å². The summed E-state index contributed by atoms with van der Waals surface area (Å²) in [5.41, 5.74) is 0. The van der Waals surface area contributed by atoms with Gasteiger partial charge in [-0.3, -0.25) is 4.79 Å². The number of rotatable bonds is 5. The largest absolute Gasteiger partial charge is 0.341 e. The van der Waals surface area contributed by atoms with Gasteiger partial charge in [-0.2, -0.15) is 0 Å². The van der Waals surface area contributed by atoms with Gasteiger partial charge in [-0.25, -0.2) is 18.1 Å². The van der Waals surface area contributed by atoms with E-state index in [0.717, 1.165) is 25.6 Å². The molecule has 1 atom stereocenters. The third kappa shape index (κ3) is 4.82. The maximum Gasteiger partial charge on any atom is 0.240 e. The summed E-state index contributed by atoms with van der Waals surface area (Å²) in [6.45, 7) is 3.85. The zero-order chi connectivity index (χ0) is 15.5. The molecule has 0 saturated carbocycles. The van der Waals surface area contributed by atoms with Crippen LogP contribution >= 0.6 is 0 Å². The lowest BCUT2D eigenvalue weighted by Crippen LogP contribution is -2.49. The molecule has 0 aliphatic carbocycles. The molecule has 1 saturated heterocycles. The molecule has 1 aromatic rings. The van der Waals surface area contributed by atoms with E-state index in [1.165, 1.54) is 0 Å². The molecule has 0 radical (unpaired) electrons. The molecule has 1 aliphatic rings. The van der Waals surface area contributed by atoms with Crippen molar-refractivity contribution in [2.24, 2.45) is 5.92 Å². The second-order valence-corrected chi connectivity index (χ2v) is 7.42. The summed E-state index contributed by atoms with van der Waals surface area (Å²) in [7, 11) is -3.36. The van der Waals surface area contributed by atoms with Crippen molar-refractivity contribution in [3.05, 3.63) is 18.7 Å². The van der Waals surface area contributed by atoms with Gasteiger partial charge >= 0.3 is 0 Å². The van der Waals surface area contributed by atoms with Gasteiger partial charge in [0.1, 0.15) is 0 Å². The smallest absolute Gasteiger partial charge is 0.240 e. The first kappa shape index (κ1) is 16.0. The highest BCUT2D eigenvalue weighted by Gasteiger charge is 2.27. The number of likely N-dealkylation sites (tertiary alicyclic amines) is 1. The highest BCUT2D eigenvalue weighted by atomic mass is 32.2. The molecule has 2 rings (SSSR count). The molecule has 1 N–H and O–H groups in total. The van der Waals surface area contributed by atoms with E-state index in [2.05, 4.69) is 14.3 Å². The molecule has 1 aromatic heterocycles. The molecule has 0 unspecified atom stereocenters. The first-order valence-corrected chi connectivity index (χ1v) is 8.96.